The molecule has 0 spiro atoms. The summed E-state index contributed by atoms with van der Waals surface area (Å²) >= 11 is 7.06. The van der Waals surface area contributed by atoms with Gasteiger partial charge in [-0.1, -0.05) is 23.7 Å². The zero-order valence-corrected chi connectivity index (χ0v) is 17.3. The Bertz CT molecular complexity index is 856. The van der Waals surface area contributed by atoms with Gasteiger partial charge in [-0.15, -0.1) is 11.8 Å². The number of hydrogen-bond acceptors (Lipinski definition) is 5. The molecule has 1 N–H and O–H groups in total. The van der Waals surface area contributed by atoms with Gasteiger partial charge in [-0.25, -0.2) is 4.79 Å². The number of amides is 2. The van der Waals surface area contributed by atoms with Gasteiger partial charge in [-0.3, -0.25) is 9.59 Å². The first-order valence-corrected chi connectivity index (χ1v) is 9.83. The van der Waals surface area contributed by atoms with Crippen LogP contribution in [0.1, 0.15) is 17.3 Å². The van der Waals surface area contributed by atoms with Crippen LogP contribution >= 0.6 is 23.4 Å². The van der Waals surface area contributed by atoms with E-state index in [4.69, 9.17) is 16.3 Å². The molecule has 0 aliphatic rings. The van der Waals surface area contributed by atoms with Gasteiger partial charge in [0.1, 0.15) is 0 Å². The van der Waals surface area contributed by atoms with Gasteiger partial charge in [0.15, 0.2) is 6.10 Å². The lowest BCUT2D eigenvalue weighted by atomic mass is 10.2. The Balaban J connectivity index is 2.00. The molecular formula is C20H21ClN2O4S. The fourth-order valence-electron chi connectivity index (χ4n) is 2.08. The Morgan fingerprint density at radius 2 is 1.75 bits per heavy atom. The molecular weight excluding hydrogens is 400 g/mol. The van der Waals surface area contributed by atoms with E-state index in [2.05, 4.69) is 5.32 Å². The van der Waals surface area contributed by atoms with Gasteiger partial charge in [0.2, 0.25) is 5.91 Å². The van der Waals surface area contributed by atoms with E-state index in [0.717, 1.165) is 0 Å². The first-order chi connectivity index (χ1) is 13.3. The standard InChI is InChI=1S/C20H21ClN2O4S/c1-13(19(25)22-15-10-8-14(21)9-11-15)27-20(26)16-6-4-5-7-17(16)28-12-18(24)23(2)3/h4-11,13H,12H2,1-3H3,(H,22,25)/t13-/m0/s1. The Kier molecular flexibility index (Phi) is 7.90. The topological polar surface area (TPSA) is 75.7 Å². The van der Waals surface area contributed by atoms with E-state index in [1.54, 1.807) is 62.6 Å². The zero-order chi connectivity index (χ0) is 20.7. The molecule has 2 aromatic carbocycles. The molecule has 1 atom stereocenters. The van der Waals surface area contributed by atoms with Gasteiger partial charge < -0.3 is 15.0 Å². The maximum atomic E-state index is 12.5. The third kappa shape index (κ3) is 6.28. The minimum atomic E-state index is -0.996. The van der Waals surface area contributed by atoms with Crippen LogP contribution in [-0.2, 0) is 14.3 Å². The van der Waals surface area contributed by atoms with Gasteiger partial charge in [0.25, 0.3) is 5.91 Å². The molecule has 0 bridgehead atoms. The molecule has 0 radical (unpaired) electrons. The Morgan fingerprint density at radius 1 is 1.11 bits per heavy atom. The molecule has 0 unspecified atom stereocenters. The highest BCUT2D eigenvalue weighted by Crippen LogP contribution is 2.24. The summed E-state index contributed by atoms with van der Waals surface area (Å²) in [6.45, 7) is 1.49. The number of halogens is 1. The van der Waals surface area contributed by atoms with E-state index in [1.165, 1.54) is 23.6 Å². The van der Waals surface area contributed by atoms with E-state index in [9.17, 15) is 14.4 Å². The van der Waals surface area contributed by atoms with Crippen molar-refractivity contribution >= 4 is 46.8 Å². The van der Waals surface area contributed by atoms with Crippen molar-refractivity contribution in [1.29, 1.82) is 0 Å². The number of thioether (sulfide) groups is 1. The van der Waals surface area contributed by atoms with Gasteiger partial charge >= 0.3 is 5.97 Å². The highest BCUT2D eigenvalue weighted by atomic mass is 35.5. The fraction of sp³-hybridized carbons (Fsp3) is 0.250. The van der Waals surface area contributed by atoms with Crippen molar-refractivity contribution in [3.05, 3.63) is 59.1 Å². The quantitative estimate of drug-likeness (QED) is 0.546. The maximum Gasteiger partial charge on any atom is 0.340 e. The van der Waals surface area contributed by atoms with E-state index in [0.29, 0.717) is 21.2 Å². The summed E-state index contributed by atoms with van der Waals surface area (Å²) in [7, 11) is 3.34. The lowest BCUT2D eigenvalue weighted by Crippen LogP contribution is -2.30. The van der Waals surface area contributed by atoms with Crippen molar-refractivity contribution < 1.29 is 19.1 Å². The van der Waals surface area contributed by atoms with Crippen LogP contribution in [0.15, 0.2) is 53.4 Å². The SMILES string of the molecule is C[C@H](OC(=O)c1ccccc1SCC(=O)N(C)C)C(=O)Nc1ccc(Cl)cc1. The number of carbonyl (C=O) groups is 3. The van der Waals surface area contributed by atoms with Crippen LogP contribution in [0.5, 0.6) is 0 Å². The molecule has 6 nitrogen and oxygen atoms in total. The molecule has 0 saturated carbocycles. The maximum absolute atomic E-state index is 12.5. The number of hydrogen-bond donors (Lipinski definition) is 1. The van der Waals surface area contributed by atoms with E-state index in [-0.39, 0.29) is 11.7 Å². The van der Waals surface area contributed by atoms with Gasteiger partial charge in [0.05, 0.1) is 11.3 Å². The third-order valence-corrected chi connectivity index (χ3v) is 5.03. The molecule has 0 aromatic heterocycles. The second-order valence-electron chi connectivity index (χ2n) is 6.12. The number of esters is 1. The summed E-state index contributed by atoms with van der Waals surface area (Å²) in [5.41, 5.74) is 0.862. The normalized spacial score (nSPS) is 11.4. The minimum absolute atomic E-state index is 0.0659. The molecule has 2 amide bonds. The number of ether oxygens (including phenoxy) is 1. The molecule has 0 heterocycles. The first-order valence-electron chi connectivity index (χ1n) is 8.47. The second kappa shape index (κ2) is 10.1. The summed E-state index contributed by atoms with van der Waals surface area (Å²) in [6.07, 6.45) is -0.996. The molecule has 8 heteroatoms. The zero-order valence-electron chi connectivity index (χ0n) is 15.8. The second-order valence-corrected chi connectivity index (χ2v) is 7.57. The van der Waals surface area contributed by atoms with E-state index >= 15 is 0 Å². The molecule has 28 heavy (non-hydrogen) atoms. The van der Waals surface area contributed by atoms with Crippen molar-refractivity contribution in [3.8, 4) is 0 Å². The molecule has 2 rings (SSSR count). The highest BCUT2D eigenvalue weighted by molar-refractivity contribution is 8.00. The van der Waals surface area contributed by atoms with Gasteiger partial charge in [0, 0.05) is 29.7 Å². The third-order valence-electron chi connectivity index (χ3n) is 3.72. The molecule has 0 aliphatic carbocycles. The van der Waals surface area contributed by atoms with Crippen LogP contribution in [0, 0.1) is 0 Å². The van der Waals surface area contributed by atoms with Crippen LogP contribution < -0.4 is 5.32 Å². The molecule has 148 valence electrons. The molecule has 2 aromatic rings. The summed E-state index contributed by atoms with van der Waals surface area (Å²) in [5.74, 6) is -0.948. The Hall–Kier alpha value is -2.51. The van der Waals surface area contributed by atoms with E-state index < -0.39 is 18.0 Å². The summed E-state index contributed by atoms with van der Waals surface area (Å²) in [4.78, 5) is 38.7. The van der Waals surface area contributed by atoms with Crippen molar-refractivity contribution in [3.63, 3.8) is 0 Å². The summed E-state index contributed by atoms with van der Waals surface area (Å²) in [5, 5.41) is 3.22. The number of carbonyl (C=O) groups excluding carboxylic acids is 3. The number of anilines is 1. The number of rotatable bonds is 7. The van der Waals surface area contributed by atoms with Crippen molar-refractivity contribution in [2.45, 2.75) is 17.9 Å². The summed E-state index contributed by atoms with van der Waals surface area (Å²) in [6, 6.07) is 13.4. The Morgan fingerprint density at radius 3 is 2.39 bits per heavy atom. The van der Waals surface area contributed by atoms with Crippen molar-refractivity contribution in [1.82, 2.24) is 4.90 Å². The van der Waals surface area contributed by atoms with Crippen LogP contribution in [0.4, 0.5) is 5.69 Å². The summed E-state index contributed by atoms with van der Waals surface area (Å²) < 4.78 is 5.30. The predicted molar refractivity (Wildman–Crippen MR) is 111 cm³/mol. The van der Waals surface area contributed by atoms with Crippen LogP contribution in [0.3, 0.4) is 0 Å². The van der Waals surface area contributed by atoms with Crippen molar-refractivity contribution in [2.24, 2.45) is 0 Å². The predicted octanol–water partition coefficient (Wildman–Crippen LogP) is 3.70. The molecule has 0 saturated heterocycles. The minimum Gasteiger partial charge on any atom is -0.449 e. The number of nitrogens with one attached hydrogen (secondary N) is 1. The molecule has 0 aliphatic heterocycles. The largest absolute Gasteiger partial charge is 0.449 e. The smallest absolute Gasteiger partial charge is 0.340 e. The number of nitrogens with zero attached hydrogens (tertiary/aromatic N) is 1. The monoisotopic (exact) mass is 420 g/mol. The Labute approximate surface area is 173 Å². The van der Waals surface area contributed by atoms with Gasteiger partial charge in [-0.2, -0.15) is 0 Å². The average Bonchev–Trinajstić information content (AvgIpc) is 2.67. The van der Waals surface area contributed by atoms with Crippen LogP contribution in [0.25, 0.3) is 0 Å². The first kappa shape index (κ1) is 21.8. The lowest BCUT2D eigenvalue weighted by Gasteiger charge is -2.15. The lowest BCUT2D eigenvalue weighted by molar-refractivity contribution is -0.126. The van der Waals surface area contributed by atoms with Crippen LogP contribution in [-0.4, -0.2) is 48.6 Å². The number of benzene rings is 2. The highest BCUT2D eigenvalue weighted by Gasteiger charge is 2.21. The molecule has 0 fully saturated rings. The van der Waals surface area contributed by atoms with Gasteiger partial charge in [-0.05, 0) is 43.3 Å². The van der Waals surface area contributed by atoms with Crippen LogP contribution in [0.2, 0.25) is 5.02 Å². The van der Waals surface area contributed by atoms with E-state index in [1.807, 2.05) is 0 Å². The van der Waals surface area contributed by atoms with Crippen molar-refractivity contribution in [2.75, 3.05) is 25.2 Å². The average molecular weight is 421 g/mol. The fourth-order valence-corrected chi connectivity index (χ4v) is 3.23.